The van der Waals surface area contributed by atoms with Crippen LogP contribution in [0, 0.1) is 6.92 Å². The van der Waals surface area contributed by atoms with Gasteiger partial charge in [-0.2, -0.15) is 0 Å². The third kappa shape index (κ3) is 5.33. The number of aliphatic hydroxyl groups excluding tert-OH is 2. The zero-order valence-corrected chi connectivity index (χ0v) is 16.4. The maximum atomic E-state index is 13.0. The third-order valence-corrected chi connectivity index (χ3v) is 5.20. The Balaban J connectivity index is 1.75. The quantitative estimate of drug-likeness (QED) is 0.794. The molecule has 5 heteroatoms. The fourth-order valence-corrected chi connectivity index (χ4v) is 3.51. The molecule has 2 N–H and O–H groups in total. The molecule has 0 fully saturated rings. The molecule has 0 saturated carbocycles. The first-order chi connectivity index (χ1) is 13.5. The molecule has 3 rings (SSSR count). The lowest BCUT2D eigenvalue weighted by Gasteiger charge is -2.25. The van der Waals surface area contributed by atoms with E-state index in [9.17, 15) is 15.0 Å². The van der Waals surface area contributed by atoms with Gasteiger partial charge < -0.3 is 19.8 Å². The van der Waals surface area contributed by atoms with Crippen LogP contribution < -0.4 is 4.74 Å². The van der Waals surface area contributed by atoms with Gasteiger partial charge in [0.2, 0.25) is 0 Å². The Morgan fingerprint density at radius 1 is 1.04 bits per heavy atom. The van der Waals surface area contributed by atoms with Gasteiger partial charge in [0.05, 0.1) is 6.10 Å². The fourth-order valence-electron chi connectivity index (χ4n) is 3.51. The second-order valence-electron chi connectivity index (χ2n) is 7.46. The minimum absolute atomic E-state index is 0.0306. The van der Waals surface area contributed by atoms with Gasteiger partial charge in [0, 0.05) is 18.7 Å². The molecule has 0 radical (unpaired) electrons. The van der Waals surface area contributed by atoms with E-state index < -0.39 is 12.2 Å². The number of hydrogen-bond donors (Lipinski definition) is 2. The number of hydrogen-bond acceptors (Lipinski definition) is 4. The summed E-state index contributed by atoms with van der Waals surface area (Å²) < 4.78 is 5.75. The van der Waals surface area contributed by atoms with Crippen molar-refractivity contribution in [1.82, 2.24) is 4.90 Å². The molecule has 1 aliphatic rings. The van der Waals surface area contributed by atoms with Crippen LogP contribution in [-0.4, -0.2) is 52.9 Å². The summed E-state index contributed by atoms with van der Waals surface area (Å²) in [7, 11) is 0. The van der Waals surface area contributed by atoms with Crippen molar-refractivity contribution in [2.24, 2.45) is 0 Å². The van der Waals surface area contributed by atoms with Crippen molar-refractivity contribution in [3.63, 3.8) is 0 Å². The summed E-state index contributed by atoms with van der Waals surface area (Å²) in [5.74, 6) is 0.720. The normalized spacial score (nSPS) is 21.5. The molecule has 150 valence electrons. The van der Waals surface area contributed by atoms with Gasteiger partial charge in [-0.3, -0.25) is 4.79 Å². The van der Waals surface area contributed by atoms with Crippen LogP contribution in [0.3, 0.4) is 0 Å². The van der Waals surface area contributed by atoms with E-state index in [1.165, 1.54) is 0 Å². The smallest absolute Gasteiger partial charge is 0.253 e. The van der Waals surface area contributed by atoms with Gasteiger partial charge in [-0.15, -0.1) is 0 Å². The van der Waals surface area contributed by atoms with E-state index in [4.69, 9.17) is 4.74 Å². The molecule has 0 bridgehead atoms. The summed E-state index contributed by atoms with van der Waals surface area (Å²) in [4.78, 5) is 14.8. The number of aliphatic hydroxyl groups is 2. The van der Waals surface area contributed by atoms with Gasteiger partial charge in [-0.05, 0) is 56.4 Å². The largest absolute Gasteiger partial charge is 0.491 e. The Bertz CT molecular complexity index is 792. The number of amides is 1. The highest BCUT2D eigenvalue weighted by Crippen LogP contribution is 2.21. The minimum atomic E-state index is -0.996. The zero-order valence-electron chi connectivity index (χ0n) is 16.4. The van der Waals surface area contributed by atoms with E-state index in [-0.39, 0.29) is 12.5 Å². The van der Waals surface area contributed by atoms with Crippen molar-refractivity contribution in [2.75, 3.05) is 19.7 Å². The molecule has 2 atom stereocenters. The highest BCUT2D eigenvalue weighted by atomic mass is 16.5. The average Bonchev–Trinajstić information content (AvgIpc) is 2.71. The summed E-state index contributed by atoms with van der Waals surface area (Å²) in [5.41, 5.74) is 2.79. The molecule has 0 saturated heterocycles. The number of carbonyl (C=O) groups is 1. The Labute approximate surface area is 166 Å². The predicted molar refractivity (Wildman–Crippen MR) is 109 cm³/mol. The number of fused-ring (bicyclic) bond motifs is 1. The lowest BCUT2D eigenvalue weighted by Crippen LogP contribution is -2.38. The molecule has 2 aromatic carbocycles. The van der Waals surface area contributed by atoms with Gasteiger partial charge in [0.25, 0.3) is 5.91 Å². The van der Waals surface area contributed by atoms with Crippen molar-refractivity contribution in [3.8, 4) is 5.75 Å². The molecule has 0 unspecified atom stereocenters. The summed E-state index contributed by atoms with van der Waals surface area (Å²) in [6.45, 7) is 3.02. The second-order valence-corrected chi connectivity index (χ2v) is 7.46. The van der Waals surface area contributed by atoms with Crippen LogP contribution in [0.1, 0.15) is 40.7 Å². The zero-order chi connectivity index (χ0) is 19.9. The van der Waals surface area contributed by atoms with E-state index in [0.717, 1.165) is 36.1 Å². The summed E-state index contributed by atoms with van der Waals surface area (Å²) in [6.07, 6.45) is 1.02. The lowest BCUT2D eigenvalue weighted by atomic mass is 10.1. The molecule has 5 nitrogen and oxygen atoms in total. The number of ether oxygens (including phenoxy) is 1. The highest BCUT2D eigenvalue weighted by molar-refractivity contribution is 5.94. The predicted octanol–water partition coefficient (Wildman–Crippen LogP) is 2.96. The Kier molecular flexibility index (Phi) is 7.06. The van der Waals surface area contributed by atoms with Gasteiger partial charge >= 0.3 is 0 Å². The van der Waals surface area contributed by atoms with Gasteiger partial charge in [-0.25, -0.2) is 0 Å². The molecule has 1 amide bonds. The Morgan fingerprint density at radius 2 is 1.86 bits per heavy atom. The fraction of sp³-hybridized carbons (Fsp3) is 0.435. The van der Waals surface area contributed by atoms with Crippen molar-refractivity contribution in [3.05, 3.63) is 65.2 Å². The van der Waals surface area contributed by atoms with Crippen LogP contribution in [0.25, 0.3) is 0 Å². The average molecular weight is 383 g/mol. The first kappa shape index (κ1) is 20.4. The lowest BCUT2D eigenvalue weighted by molar-refractivity contribution is -0.0150. The van der Waals surface area contributed by atoms with E-state index in [1.54, 1.807) is 4.90 Å². The molecule has 2 aromatic rings. The molecule has 0 spiro atoms. The number of nitrogens with zero attached hydrogens (tertiary/aromatic N) is 1. The number of para-hydroxylation sites is 1. The van der Waals surface area contributed by atoms with Crippen LogP contribution in [0.4, 0.5) is 0 Å². The minimum Gasteiger partial charge on any atom is -0.491 e. The molecular formula is C23H29NO4. The van der Waals surface area contributed by atoms with E-state index in [2.05, 4.69) is 0 Å². The third-order valence-electron chi connectivity index (χ3n) is 5.20. The molecule has 28 heavy (non-hydrogen) atoms. The van der Waals surface area contributed by atoms with Crippen molar-refractivity contribution < 1.29 is 19.7 Å². The molecule has 1 heterocycles. The van der Waals surface area contributed by atoms with Gasteiger partial charge in [0.1, 0.15) is 18.5 Å². The van der Waals surface area contributed by atoms with Crippen LogP contribution in [0.2, 0.25) is 0 Å². The Hall–Kier alpha value is -2.37. The first-order valence-corrected chi connectivity index (χ1v) is 9.97. The van der Waals surface area contributed by atoms with Gasteiger partial charge in [-0.1, -0.05) is 35.9 Å². The topological polar surface area (TPSA) is 70.0 Å². The molecular weight excluding hydrogens is 354 g/mol. The summed E-state index contributed by atoms with van der Waals surface area (Å²) in [5, 5.41) is 20.6. The first-order valence-electron chi connectivity index (χ1n) is 9.97. The SMILES string of the molecule is Cc1cccc(C(=O)N2CCCCc3ccccc3OC[C@@H](O)[C@@H](O)CC2)c1. The van der Waals surface area contributed by atoms with Crippen LogP contribution in [-0.2, 0) is 6.42 Å². The van der Waals surface area contributed by atoms with Crippen molar-refractivity contribution >= 4 is 5.91 Å². The molecule has 0 aliphatic carbocycles. The summed E-state index contributed by atoms with van der Waals surface area (Å²) in [6, 6.07) is 15.4. The molecule has 1 aliphatic heterocycles. The van der Waals surface area contributed by atoms with Crippen molar-refractivity contribution in [2.45, 2.75) is 44.8 Å². The standard InChI is InChI=1S/C23H29NO4/c1-17-7-6-10-19(15-17)23(27)24-13-5-4-9-18-8-2-3-11-22(18)28-16-21(26)20(25)12-14-24/h2-3,6-8,10-11,15,20-21,25-26H,4-5,9,12-14,16H2,1H3/t20-,21+/m0/s1. The van der Waals surface area contributed by atoms with E-state index >= 15 is 0 Å². The number of benzene rings is 2. The maximum absolute atomic E-state index is 13.0. The van der Waals surface area contributed by atoms with Crippen molar-refractivity contribution in [1.29, 1.82) is 0 Å². The maximum Gasteiger partial charge on any atom is 0.253 e. The second kappa shape index (κ2) is 9.71. The van der Waals surface area contributed by atoms with Gasteiger partial charge in [0.15, 0.2) is 0 Å². The molecule has 0 aromatic heterocycles. The van der Waals surface area contributed by atoms with Crippen LogP contribution in [0.5, 0.6) is 5.75 Å². The Morgan fingerprint density at radius 3 is 2.68 bits per heavy atom. The highest BCUT2D eigenvalue weighted by Gasteiger charge is 2.22. The summed E-state index contributed by atoms with van der Waals surface area (Å²) >= 11 is 0. The van der Waals surface area contributed by atoms with Crippen LogP contribution in [0.15, 0.2) is 48.5 Å². The number of aryl methyl sites for hydroxylation is 2. The van der Waals surface area contributed by atoms with E-state index in [0.29, 0.717) is 25.1 Å². The van der Waals surface area contributed by atoms with Crippen LogP contribution >= 0.6 is 0 Å². The monoisotopic (exact) mass is 383 g/mol. The van der Waals surface area contributed by atoms with E-state index in [1.807, 2.05) is 55.5 Å². The number of rotatable bonds is 1. The number of carbonyl (C=O) groups excluding carboxylic acids is 1.